The van der Waals surface area contributed by atoms with Gasteiger partial charge < -0.3 is 20.3 Å². The molecular weight excluding hydrogens is 427 g/mol. The lowest BCUT2D eigenvalue weighted by atomic mass is 9.93. The topological polar surface area (TPSA) is 15.3 Å². The summed E-state index contributed by atoms with van der Waals surface area (Å²) in [6.45, 7) is 22.8. The first-order valence-electron chi connectivity index (χ1n) is 11.1. The molecule has 4 heteroatoms. The normalized spacial score (nSPS) is 11.4. The van der Waals surface area contributed by atoms with Gasteiger partial charge in [-0.2, -0.15) is 0 Å². The van der Waals surface area contributed by atoms with Crippen molar-refractivity contribution in [3.05, 3.63) is 84.2 Å². The first-order valence-corrected chi connectivity index (χ1v) is 13.0. The predicted octanol–water partition coefficient (Wildman–Crippen LogP) is 7.65. The number of hydrogen-bond donors (Lipinski definition) is 1. The summed E-state index contributed by atoms with van der Waals surface area (Å²) in [4.78, 5) is 2.12. The van der Waals surface area contributed by atoms with Gasteiger partial charge in [0, 0.05) is 24.8 Å². The maximum Gasteiger partial charge on any atom is 0.151 e. The molecule has 0 aliphatic carbocycles. The van der Waals surface area contributed by atoms with E-state index in [2.05, 4.69) is 99.5 Å². The Morgan fingerprint density at radius 1 is 1.09 bits per heavy atom. The Labute approximate surface area is 204 Å². The van der Waals surface area contributed by atoms with E-state index in [9.17, 15) is 4.39 Å². The van der Waals surface area contributed by atoms with E-state index < -0.39 is 0 Å². The van der Waals surface area contributed by atoms with Gasteiger partial charge in [-0.05, 0) is 49.8 Å². The highest BCUT2D eigenvalue weighted by Gasteiger charge is 2.15. The van der Waals surface area contributed by atoms with Crippen molar-refractivity contribution in [2.24, 2.45) is 5.41 Å². The number of hydrogen-bond acceptors (Lipinski definition) is 2. The van der Waals surface area contributed by atoms with Gasteiger partial charge in [0.05, 0.1) is 5.69 Å². The molecule has 2 aromatic rings. The standard InChI is InChI=1S/C20H26FN2S.C7H14.C2H4/c1-14-7-9-17(10-8-14)12-23(13-24(5)6)18-11-15(2)20(22-4)19(21)16(18)3;1-5-6-7(2,3)4;1-2/h7-11,13,22H,5,12H2,1-4,6H3;5H,1,6H2,2-4H3;1-2H2/q-1;;. The van der Waals surface area contributed by atoms with Gasteiger partial charge in [-0.1, -0.05) is 56.7 Å². The summed E-state index contributed by atoms with van der Waals surface area (Å²) < 4.78 is 14.7. The second-order valence-corrected chi connectivity index (χ2v) is 10.8. The zero-order valence-electron chi connectivity index (χ0n) is 22.0. The molecule has 0 fully saturated rings. The molecule has 0 unspecified atom stereocenters. The Balaban J connectivity index is 0.000000973. The molecule has 184 valence electrons. The van der Waals surface area contributed by atoms with Crippen LogP contribution in [0, 0.1) is 32.0 Å². The average Bonchev–Trinajstić information content (AvgIpc) is 2.73. The van der Waals surface area contributed by atoms with E-state index >= 15 is 0 Å². The lowest BCUT2D eigenvalue weighted by Gasteiger charge is -2.28. The SMILES string of the molecule is C=C.C=CCC(C)(C)C.C=[S-](C)=CN(Cc1ccc(C)cc1)c1cc(C)c(NC)c(F)c1C. The molecule has 0 bridgehead atoms. The summed E-state index contributed by atoms with van der Waals surface area (Å²) in [6.07, 6.45) is 5.12. The summed E-state index contributed by atoms with van der Waals surface area (Å²) in [6, 6.07) is 10.5. The Morgan fingerprint density at radius 2 is 1.64 bits per heavy atom. The molecule has 0 saturated carbocycles. The summed E-state index contributed by atoms with van der Waals surface area (Å²) in [5.41, 5.74) is 7.96. The van der Waals surface area contributed by atoms with Crippen LogP contribution in [0.2, 0.25) is 0 Å². The Morgan fingerprint density at radius 3 is 2.03 bits per heavy atom. The van der Waals surface area contributed by atoms with E-state index in [4.69, 9.17) is 0 Å². The van der Waals surface area contributed by atoms with Gasteiger partial charge in [0.15, 0.2) is 5.82 Å². The van der Waals surface area contributed by atoms with Crippen LogP contribution < -0.4 is 10.2 Å². The quantitative estimate of drug-likeness (QED) is 0.264. The number of benzene rings is 2. The van der Waals surface area contributed by atoms with Gasteiger partial charge in [-0.25, -0.2) is 10.3 Å². The highest BCUT2D eigenvalue weighted by atomic mass is 32.2. The van der Waals surface area contributed by atoms with Gasteiger partial charge in [0.1, 0.15) is 0 Å². The van der Waals surface area contributed by atoms with Gasteiger partial charge in [-0.15, -0.1) is 31.5 Å². The fourth-order valence-electron chi connectivity index (χ4n) is 3.18. The van der Waals surface area contributed by atoms with E-state index in [1.165, 1.54) is 11.1 Å². The Hall–Kier alpha value is -2.46. The van der Waals surface area contributed by atoms with Crippen molar-refractivity contribution < 1.29 is 4.39 Å². The highest BCUT2D eigenvalue weighted by Crippen LogP contribution is 2.31. The smallest absolute Gasteiger partial charge is 0.151 e. The van der Waals surface area contributed by atoms with Crippen LogP contribution in [0.1, 0.15) is 49.4 Å². The zero-order chi connectivity index (χ0) is 25.8. The van der Waals surface area contributed by atoms with Crippen molar-refractivity contribution in [3.8, 4) is 0 Å². The number of halogens is 1. The number of nitrogens with zero attached hydrogens (tertiary/aromatic N) is 1. The van der Waals surface area contributed by atoms with Gasteiger partial charge in [-0.3, -0.25) is 0 Å². The van der Waals surface area contributed by atoms with E-state index in [1.807, 2.05) is 26.0 Å². The lowest BCUT2D eigenvalue weighted by molar-refractivity contribution is 0.421. The molecule has 0 amide bonds. The first kappa shape index (κ1) is 30.5. The summed E-state index contributed by atoms with van der Waals surface area (Å²) in [5.74, 6) is 3.91. The van der Waals surface area contributed by atoms with Crippen molar-refractivity contribution in [2.45, 2.75) is 54.5 Å². The fraction of sp³-hybridized carbons (Fsp3) is 0.379. The van der Waals surface area contributed by atoms with Crippen LogP contribution in [0.5, 0.6) is 0 Å². The van der Waals surface area contributed by atoms with Crippen LogP contribution in [0.15, 0.2) is 56.1 Å². The van der Waals surface area contributed by atoms with Crippen LogP contribution in [0.3, 0.4) is 0 Å². The molecule has 0 saturated heterocycles. The van der Waals surface area contributed by atoms with Crippen molar-refractivity contribution >= 4 is 32.8 Å². The van der Waals surface area contributed by atoms with Gasteiger partial charge in [0.2, 0.25) is 0 Å². The van der Waals surface area contributed by atoms with Crippen molar-refractivity contribution in [2.75, 3.05) is 23.5 Å². The fourth-order valence-corrected chi connectivity index (χ4v) is 3.81. The van der Waals surface area contributed by atoms with Crippen LogP contribution in [-0.4, -0.2) is 24.7 Å². The maximum atomic E-state index is 14.7. The molecular formula is C29H44FN2S-. The molecule has 0 aliphatic rings. The summed E-state index contributed by atoms with van der Waals surface area (Å²) in [7, 11) is 1.61. The molecule has 2 nitrogen and oxygen atoms in total. The molecule has 0 radical (unpaired) electrons. The van der Waals surface area contributed by atoms with Gasteiger partial charge >= 0.3 is 0 Å². The molecule has 2 aromatic carbocycles. The predicted molar refractivity (Wildman–Crippen MR) is 155 cm³/mol. The number of nitrogens with one attached hydrogen (secondary N) is 1. The van der Waals surface area contributed by atoms with E-state index in [-0.39, 0.29) is 15.9 Å². The summed E-state index contributed by atoms with van der Waals surface area (Å²) in [5, 5.41) is 2.95. The molecule has 33 heavy (non-hydrogen) atoms. The number of allylic oxidation sites excluding steroid dienone is 1. The van der Waals surface area contributed by atoms with Crippen LogP contribution in [0.25, 0.3) is 0 Å². The monoisotopic (exact) mass is 471 g/mol. The molecule has 0 aliphatic heterocycles. The molecule has 0 aromatic heterocycles. The molecule has 0 heterocycles. The lowest BCUT2D eigenvalue weighted by Crippen LogP contribution is -2.23. The number of rotatable bonds is 6. The van der Waals surface area contributed by atoms with Crippen LogP contribution >= 0.6 is 0 Å². The molecule has 0 atom stereocenters. The van der Waals surface area contributed by atoms with Crippen LogP contribution in [-0.2, 0) is 16.6 Å². The third kappa shape index (κ3) is 10.8. The van der Waals surface area contributed by atoms with E-state index in [0.29, 0.717) is 23.2 Å². The molecule has 1 N–H and O–H groups in total. The van der Waals surface area contributed by atoms with Crippen molar-refractivity contribution in [1.29, 1.82) is 0 Å². The Kier molecular flexibility index (Phi) is 13.5. The minimum absolute atomic E-state index is 0.140. The minimum Gasteiger partial charge on any atom is -0.465 e. The van der Waals surface area contributed by atoms with Crippen LogP contribution in [0.4, 0.5) is 15.8 Å². The second kappa shape index (κ2) is 14.6. The average molecular weight is 472 g/mol. The highest BCUT2D eigenvalue weighted by molar-refractivity contribution is 7.92. The Bertz CT molecular complexity index is 963. The zero-order valence-corrected chi connectivity index (χ0v) is 22.8. The maximum absolute atomic E-state index is 14.7. The number of anilines is 2. The minimum atomic E-state index is -0.185. The number of aryl methyl sites for hydroxylation is 2. The second-order valence-electron chi connectivity index (χ2n) is 9.24. The summed E-state index contributed by atoms with van der Waals surface area (Å²) >= 11 is 0. The largest absolute Gasteiger partial charge is 0.465 e. The first-order chi connectivity index (χ1) is 15.4. The van der Waals surface area contributed by atoms with E-state index in [0.717, 1.165) is 17.7 Å². The van der Waals surface area contributed by atoms with E-state index in [1.54, 1.807) is 7.05 Å². The molecule has 0 spiro atoms. The third-order valence-corrected chi connectivity index (χ3v) is 5.39. The van der Waals surface area contributed by atoms with Crippen molar-refractivity contribution in [1.82, 2.24) is 0 Å². The van der Waals surface area contributed by atoms with Crippen molar-refractivity contribution in [3.63, 3.8) is 0 Å². The third-order valence-electron chi connectivity index (χ3n) is 4.78. The van der Waals surface area contributed by atoms with Gasteiger partial charge in [0.25, 0.3) is 0 Å². The molecule has 2 rings (SSSR count).